The molecule has 4 aromatic heterocycles. The standard InChI is InChI=1S/C23H23N9O3S2/c33-18(11-15-3-1-7-24-13-15)26-20-28-30-22(36-20)32-9-5-17(6-10-32)35-23-31-29-21(37-23)27-19(34)12-16-4-2-8-25-14-16/h1-4,7-8,13-14,17H,5-6,9-12H2,(H,26,28,33)(H,27,29,34). The minimum Gasteiger partial charge on any atom is -0.465 e. The molecule has 0 radical (unpaired) electrons. The van der Waals surface area contributed by atoms with Crippen LogP contribution in [-0.4, -0.2) is 61.4 Å². The summed E-state index contributed by atoms with van der Waals surface area (Å²) >= 11 is 2.55. The van der Waals surface area contributed by atoms with Crippen LogP contribution in [0.25, 0.3) is 0 Å². The number of nitrogens with one attached hydrogen (secondary N) is 2. The Kier molecular flexibility index (Phi) is 7.86. The molecular weight excluding hydrogens is 514 g/mol. The smallest absolute Gasteiger partial charge is 0.296 e. The lowest BCUT2D eigenvalue weighted by Crippen LogP contribution is -2.38. The molecule has 0 saturated carbocycles. The zero-order valence-electron chi connectivity index (χ0n) is 19.6. The van der Waals surface area contributed by atoms with E-state index in [0.29, 0.717) is 15.5 Å². The van der Waals surface area contributed by atoms with Gasteiger partial charge >= 0.3 is 0 Å². The van der Waals surface area contributed by atoms with E-state index >= 15 is 0 Å². The molecule has 0 aromatic carbocycles. The molecule has 5 heterocycles. The molecule has 4 aromatic rings. The Balaban J connectivity index is 1.06. The Labute approximate surface area is 220 Å². The van der Waals surface area contributed by atoms with Crippen LogP contribution >= 0.6 is 22.7 Å². The molecule has 1 saturated heterocycles. The van der Waals surface area contributed by atoms with Crippen LogP contribution in [0, 0.1) is 0 Å². The summed E-state index contributed by atoms with van der Waals surface area (Å²) in [7, 11) is 0. The van der Waals surface area contributed by atoms with E-state index in [-0.39, 0.29) is 30.8 Å². The molecular formula is C23H23N9O3S2. The molecule has 0 bridgehead atoms. The predicted octanol–water partition coefficient (Wildman–Crippen LogP) is 2.59. The molecule has 37 heavy (non-hydrogen) atoms. The lowest BCUT2D eigenvalue weighted by molar-refractivity contribution is -0.116. The third kappa shape index (κ3) is 7.01. The van der Waals surface area contributed by atoms with Gasteiger partial charge in [-0.2, -0.15) is 0 Å². The number of nitrogens with zero attached hydrogens (tertiary/aromatic N) is 7. The van der Waals surface area contributed by atoms with E-state index in [1.807, 2.05) is 12.1 Å². The molecule has 1 aliphatic heterocycles. The van der Waals surface area contributed by atoms with Crippen LogP contribution in [0.1, 0.15) is 24.0 Å². The maximum Gasteiger partial charge on any atom is 0.296 e. The number of pyridine rings is 2. The molecule has 0 atom stereocenters. The highest BCUT2D eigenvalue weighted by Crippen LogP contribution is 2.29. The van der Waals surface area contributed by atoms with E-state index in [1.165, 1.54) is 22.7 Å². The average molecular weight is 538 g/mol. The Morgan fingerprint density at radius 1 is 0.865 bits per heavy atom. The zero-order chi connectivity index (χ0) is 25.5. The van der Waals surface area contributed by atoms with Crippen LogP contribution in [0.15, 0.2) is 49.1 Å². The van der Waals surface area contributed by atoms with Gasteiger partial charge in [0.25, 0.3) is 5.19 Å². The van der Waals surface area contributed by atoms with Crippen LogP contribution in [0.4, 0.5) is 15.4 Å². The van der Waals surface area contributed by atoms with Crippen molar-refractivity contribution in [3.63, 3.8) is 0 Å². The molecule has 5 rings (SSSR count). The summed E-state index contributed by atoms with van der Waals surface area (Å²) in [6.45, 7) is 1.47. The Morgan fingerprint density at radius 3 is 2.05 bits per heavy atom. The molecule has 2 N–H and O–H groups in total. The summed E-state index contributed by atoms with van der Waals surface area (Å²) in [5.74, 6) is -0.346. The van der Waals surface area contributed by atoms with Crippen molar-refractivity contribution >= 4 is 49.9 Å². The van der Waals surface area contributed by atoms with Gasteiger partial charge in [0, 0.05) is 50.7 Å². The number of ether oxygens (including phenoxy) is 1. The number of hydrogen-bond donors (Lipinski definition) is 2. The Bertz CT molecular complexity index is 1330. The van der Waals surface area contributed by atoms with Gasteiger partial charge in [0.05, 0.1) is 12.8 Å². The fourth-order valence-corrected chi connectivity index (χ4v) is 5.20. The number of aromatic nitrogens is 6. The highest BCUT2D eigenvalue weighted by atomic mass is 32.1. The number of carbonyl (C=O) groups excluding carboxylic acids is 2. The third-order valence-corrected chi connectivity index (χ3v) is 7.10. The third-order valence-electron chi connectivity index (χ3n) is 5.47. The molecule has 2 amide bonds. The number of anilines is 3. The minimum absolute atomic E-state index is 0.0188. The summed E-state index contributed by atoms with van der Waals surface area (Å²) in [5.41, 5.74) is 1.66. The van der Waals surface area contributed by atoms with Crippen molar-refractivity contribution in [3.05, 3.63) is 60.2 Å². The van der Waals surface area contributed by atoms with Crippen LogP contribution < -0.4 is 20.3 Å². The van der Waals surface area contributed by atoms with Crippen LogP contribution in [0.3, 0.4) is 0 Å². The largest absolute Gasteiger partial charge is 0.465 e. The highest BCUT2D eigenvalue weighted by Gasteiger charge is 2.24. The van der Waals surface area contributed by atoms with Crippen molar-refractivity contribution < 1.29 is 14.3 Å². The van der Waals surface area contributed by atoms with Crippen molar-refractivity contribution in [1.82, 2.24) is 30.4 Å². The average Bonchev–Trinajstić information content (AvgIpc) is 3.55. The first-order valence-corrected chi connectivity index (χ1v) is 13.2. The maximum atomic E-state index is 12.3. The molecule has 12 nitrogen and oxygen atoms in total. The first-order chi connectivity index (χ1) is 18.1. The van der Waals surface area contributed by atoms with Crippen molar-refractivity contribution in [2.75, 3.05) is 28.6 Å². The summed E-state index contributed by atoms with van der Waals surface area (Å²) in [6, 6.07) is 7.28. The van der Waals surface area contributed by atoms with E-state index < -0.39 is 0 Å². The molecule has 0 aliphatic carbocycles. The fraction of sp³-hybridized carbons (Fsp3) is 0.304. The first-order valence-electron chi connectivity index (χ1n) is 11.6. The predicted molar refractivity (Wildman–Crippen MR) is 139 cm³/mol. The lowest BCUT2D eigenvalue weighted by Gasteiger charge is -2.30. The van der Waals surface area contributed by atoms with Gasteiger partial charge in [-0.25, -0.2) is 0 Å². The molecule has 14 heteroatoms. The number of piperidine rings is 1. The normalized spacial score (nSPS) is 13.8. The zero-order valence-corrected chi connectivity index (χ0v) is 21.2. The quantitative estimate of drug-likeness (QED) is 0.326. The molecule has 0 spiro atoms. The number of carbonyl (C=O) groups is 2. The fourth-order valence-electron chi connectivity index (χ4n) is 3.71. The first kappa shape index (κ1) is 24.6. The molecule has 1 fully saturated rings. The molecule has 0 unspecified atom stereocenters. The van der Waals surface area contributed by atoms with Crippen molar-refractivity contribution in [2.45, 2.75) is 31.8 Å². The lowest BCUT2D eigenvalue weighted by atomic mass is 10.1. The van der Waals surface area contributed by atoms with Gasteiger partial charge in [-0.3, -0.25) is 19.6 Å². The van der Waals surface area contributed by atoms with Crippen LogP contribution in [0.5, 0.6) is 5.19 Å². The van der Waals surface area contributed by atoms with Gasteiger partial charge in [0.2, 0.25) is 27.2 Å². The van der Waals surface area contributed by atoms with Gasteiger partial charge in [-0.15, -0.1) is 15.3 Å². The van der Waals surface area contributed by atoms with Crippen molar-refractivity contribution in [2.24, 2.45) is 0 Å². The summed E-state index contributed by atoms with van der Waals surface area (Å²) in [5, 5.41) is 24.0. The van der Waals surface area contributed by atoms with E-state index in [2.05, 4.69) is 45.9 Å². The van der Waals surface area contributed by atoms with Crippen LogP contribution in [-0.2, 0) is 22.4 Å². The molecule has 1 aliphatic rings. The number of hydrogen-bond acceptors (Lipinski definition) is 12. The second-order valence-corrected chi connectivity index (χ2v) is 10.1. The monoisotopic (exact) mass is 537 g/mol. The van der Waals surface area contributed by atoms with Crippen LogP contribution in [0.2, 0.25) is 0 Å². The van der Waals surface area contributed by atoms with Gasteiger partial charge in [-0.1, -0.05) is 28.6 Å². The van der Waals surface area contributed by atoms with Crippen molar-refractivity contribution in [1.29, 1.82) is 0 Å². The second-order valence-electron chi connectivity index (χ2n) is 8.24. The highest BCUT2D eigenvalue weighted by molar-refractivity contribution is 7.19. The Morgan fingerprint density at radius 2 is 1.46 bits per heavy atom. The summed E-state index contributed by atoms with van der Waals surface area (Å²) < 4.78 is 6.00. The second kappa shape index (κ2) is 11.8. The van der Waals surface area contributed by atoms with E-state index in [9.17, 15) is 9.59 Å². The van der Waals surface area contributed by atoms with Gasteiger partial charge in [0.15, 0.2) is 0 Å². The summed E-state index contributed by atoms with van der Waals surface area (Å²) in [6.07, 6.45) is 8.62. The van der Waals surface area contributed by atoms with Gasteiger partial charge in [0.1, 0.15) is 6.10 Å². The van der Waals surface area contributed by atoms with E-state index in [0.717, 1.165) is 42.2 Å². The van der Waals surface area contributed by atoms with E-state index in [4.69, 9.17) is 4.74 Å². The topological polar surface area (TPSA) is 148 Å². The number of amides is 2. The Hall–Kier alpha value is -4.04. The van der Waals surface area contributed by atoms with Crippen molar-refractivity contribution in [3.8, 4) is 5.19 Å². The number of rotatable bonds is 9. The minimum atomic E-state index is -0.186. The summed E-state index contributed by atoms with van der Waals surface area (Å²) in [4.78, 5) is 34.6. The maximum absolute atomic E-state index is 12.3. The van der Waals surface area contributed by atoms with Gasteiger partial charge in [-0.05, 0) is 34.6 Å². The van der Waals surface area contributed by atoms with E-state index in [1.54, 1.807) is 36.9 Å². The van der Waals surface area contributed by atoms with Gasteiger partial charge < -0.3 is 20.3 Å². The molecule has 190 valence electrons. The SMILES string of the molecule is O=C(Cc1cccnc1)Nc1nnc(OC2CCN(c3nnc(NC(=O)Cc4cccnc4)s3)CC2)s1.